The fraction of sp³-hybridized carbons (Fsp3) is 0.238. The molecule has 0 aliphatic carbocycles. The Morgan fingerprint density at radius 3 is 2.62 bits per heavy atom. The van der Waals surface area contributed by atoms with Gasteiger partial charge in [-0.1, -0.05) is 11.2 Å². The molecular formula is C21H18N6O5. The van der Waals surface area contributed by atoms with Crippen LogP contribution in [0.5, 0.6) is 0 Å². The van der Waals surface area contributed by atoms with Gasteiger partial charge in [0.05, 0.1) is 27.9 Å². The Kier molecular flexibility index (Phi) is 4.77. The van der Waals surface area contributed by atoms with Crippen LogP contribution in [0.1, 0.15) is 29.6 Å². The lowest BCUT2D eigenvalue weighted by Crippen LogP contribution is -2.35. The van der Waals surface area contributed by atoms with E-state index in [0.29, 0.717) is 27.9 Å². The van der Waals surface area contributed by atoms with E-state index in [1.165, 1.54) is 18.3 Å². The first-order valence-electron chi connectivity index (χ1n) is 10.1. The van der Waals surface area contributed by atoms with Gasteiger partial charge in [0.1, 0.15) is 0 Å². The van der Waals surface area contributed by atoms with Crippen LogP contribution >= 0.6 is 0 Å². The molecule has 1 fully saturated rings. The van der Waals surface area contributed by atoms with Crippen LogP contribution in [0.25, 0.3) is 28.2 Å². The van der Waals surface area contributed by atoms with Gasteiger partial charge in [-0.3, -0.25) is 24.4 Å². The second-order valence-electron chi connectivity index (χ2n) is 7.59. The zero-order valence-electron chi connectivity index (χ0n) is 16.9. The number of pyridine rings is 1. The van der Waals surface area contributed by atoms with Gasteiger partial charge in [-0.05, 0) is 37.5 Å². The molecule has 162 valence electrons. The normalized spacial score (nSPS) is 14.1. The minimum absolute atomic E-state index is 0.0725. The smallest absolute Gasteiger partial charge is 0.339 e. The van der Waals surface area contributed by atoms with Crippen LogP contribution in [0, 0.1) is 10.1 Å². The number of aromatic amines is 1. The molecule has 1 aromatic carbocycles. The number of likely N-dealkylation sites (tertiary alicyclic amines) is 1. The first-order chi connectivity index (χ1) is 15.5. The molecule has 3 aromatic heterocycles. The standard InChI is InChI=1S/C21H18N6O5/c28-20(25-7-2-1-3-8-25)16-12-22-26-17(5-4-6-18(16)26)13-9-14(11-15(10-13)27(30)31)19-23-21(29)32-24-19/h4-6,9-12H,1-3,7-8H2,(H,23,24,29). The third-order valence-electron chi connectivity index (χ3n) is 5.55. The highest BCUT2D eigenvalue weighted by molar-refractivity contribution is 6.01. The van der Waals surface area contributed by atoms with Gasteiger partial charge in [-0.2, -0.15) is 5.10 Å². The number of aromatic nitrogens is 4. The maximum atomic E-state index is 13.0. The SMILES string of the molecule is O=C(c1cnn2c(-c3cc(-c4noc(=O)[nH]4)cc([N+](=O)[O-])c3)cccc12)N1CCCCC1. The van der Waals surface area contributed by atoms with Crippen molar-refractivity contribution in [1.82, 2.24) is 24.7 Å². The Balaban J connectivity index is 1.63. The Bertz CT molecular complexity index is 1400. The van der Waals surface area contributed by atoms with Gasteiger partial charge >= 0.3 is 5.76 Å². The van der Waals surface area contributed by atoms with Crippen LogP contribution in [0.2, 0.25) is 0 Å². The molecule has 4 aromatic rings. The van der Waals surface area contributed by atoms with Crippen molar-refractivity contribution in [2.24, 2.45) is 0 Å². The molecule has 1 aliphatic heterocycles. The van der Waals surface area contributed by atoms with Crippen LogP contribution in [0.4, 0.5) is 5.69 Å². The minimum Gasteiger partial charge on any atom is -0.339 e. The van der Waals surface area contributed by atoms with E-state index < -0.39 is 10.7 Å². The molecule has 5 rings (SSSR count). The summed E-state index contributed by atoms with van der Waals surface area (Å²) in [6.07, 6.45) is 4.62. The molecule has 0 saturated carbocycles. The second-order valence-corrected chi connectivity index (χ2v) is 7.59. The van der Waals surface area contributed by atoms with Gasteiger partial charge in [0.15, 0.2) is 5.82 Å². The van der Waals surface area contributed by atoms with Crippen molar-refractivity contribution < 1.29 is 14.2 Å². The van der Waals surface area contributed by atoms with Gasteiger partial charge in [0.25, 0.3) is 11.6 Å². The molecule has 11 nitrogen and oxygen atoms in total. The number of hydrogen-bond donors (Lipinski definition) is 1. The molecule has 1 saturated heterocycles. The Labute approximate surface area is 180 Å². The molecule has 32 heavy (non-hydrogen) atoms. The number of piperidine rings is 1. The first-order valence-corrected chi connectivity index (χ1v) is 10.1. The van der Waals surface area contributed by atoms with E-state index in [-0.39, 0.29) is 17.4 Å². The van der Waals surface area contributed by atoms with E-state index in [0.717, 1.165) is 32.4 Å². The predicted octanol–water partition coefficient (Wildman–Crippen LogP) is 2.88. The summed E-state index contributed by atoms with van der Waals surface area (Å²) in [5, 5.41) is 19.5. The molecular weight excluding hydrogens is 416 g/mol. The van der Waals surface area contributed by atoms with E-state index in [4.69, 9.17) is 0 Å². The van der Waals surface area contributed by atoms with Gasteiger partial charge in [-0.15, -0.1) is 0 Å². The van der Waals surface area contributed by atoms with Gasteiger partial charge in [-0.25, -0.2) is 9.31 Å². The fourth-order valence-corrected chi connectivity index (χ4v) is 4.02. The molecule has 0 unspecified atom stereocenters. The van der Waals surface area contributed by atoms with E-state index in [1.807, 2.05) is 4.90 Å². The summed E-state index contributed by atoms with van der Waals surface area (Å²) < 4.78 is 6.12. The van der Waals surface area contributed by atoms with Gasteiger partial charge in [0.2, 0.25) is 0 Å². The molecule has 4 heterocycles. The summed E-state index contributed by atoms with van der Waals surface area (Å²) in [7, 11) is 0. The summed E-state index contributed by atoms with van der Waals surface area (Å²) in [4.78, 5) is 39.6. The number of fused-ring (bicyclic) bond motifs is 1. The van der Waals surface area contributed by atoms with E-state index >= 15 is 0 Å². The molecule has 1 amide bonds. The Morgan fingerprint density at radius 2 is 1.91 bits per heavy atom. The summed E-state index contributed by atoms with van der Waals surface area (Å²) in [5.74, 6) is -0.756. The van der Waals surface area contributed by atoms with Crippen LogP contribution in [0.3, 0.4) is 0 Å². The van der Waals surface area contributed by atoms with Crippen molar-refractivity contribution in [2.75, 3.05) is 13.1 Å². The quantitative estimate of drug-likeness (QED) is 0.385. The maximum absolute atomic E-state index is 13.0. The number of carbonyl (C=O) groups is 1. The number of H-pyrrole nitrogens is 1. The monoisotopic (exact) mass is 434 g/mol. The van der Waals surface area contributed by atoms with Crippen molar-refractivity contribution in [1.29, 1.82) is 0 Å². The van der Waals surface area contributed by atoms with Gasteiger partial charge in [0, 0.05) is 36.3 Å². The summed E-state index contributed by atoms with van der Waals surface area (Å²) >= 11 is 0. The Morgan fingerprint density at radius 1 is 1.12 bits per heavy atom. The number of nitro groups is 1. The lowest BCUT2D eigenvalue weighted by molar-refractivity contribution is -0.384. The summed E-state index contributed by atoms with van der Waals surface area (Å²) in [5.41, 5.74) is 2.25. The topological polar surface area (TPSA) is 140 Å². The molecule has 1 aliphatic rings. The van der Waals surface area contributed by atoms with Crippen molar-refractivity contribution >= 4 is 17.1 Å². The van der Waals surface area contributed by atoms with Gasteiger partial charge < -0.3 is 4.90 Å². The fourth-order valence-electron chi connectivity index (χ4n) is 4.02. The van der Waals surface area contributed by atoms with Crippen molar-refractivity contribution in [3.63, 3.8) is 0 Å². The molecule has 1 N–H and O–H groups in total. The number of nitrogens with one attached hydrogen (secondary N) is 1. The molecule has 0 bridgehead atoms. The lowest BCUT2D eigenvalue weighted by atomic mass is 10.0. The number of non-ortho nitro benzene ring substituents is 1. The lowest BCUT2D eigenvalue weighted by Gasteiger charge is -2.26. The van der Waals surface area contributed by atoms with E-state index in [9.17, 15) is 19.7 Å². The predicted molar refractivity (Wildman–Crippen MR) is 113 cm³/mol. The van der Waals surface area contributed by atoms with Crippen LogP contribution in [-0.4, -0.2) is 48.6 Å². The van der Waals surface area contributed by atoms with Crippen LogP contribution in [0.15, 0.2) is 51.9 Å². The molecule has 0 radical (unpaired) electrons. The largest absolute Gasteiger partial charge is 0.439 e. The third-order valence-corrected chi connectivity index (χ3v) is 5.55. The molecule has 11 heteroatoms. The van der Waals surface area contributed by atoms with E-state index in [2.05, 4.69) is 19.8 Å². The Hall–Kier alpha value is -4.28. The number of rotatable bonds is 4. The van der Waals surface area contributed by atoms with Crippen molar-refractivity contribution in [3.8, 4) is 22.6 Å². The average molecular weight is 434 g/mol. The number of benzene rings is 1. The number of carbonyl (C=O) groups excluding carboxylic acids is 1. The van der Waals surface area contributed by atoms with Crippen molar-refractivity contribution in [2.45, 2.75) is 19.3 Å². The summed E-state index contributed by atoms with van der Waals surface area (Å²) in [6.45, 7) is 1.44. The third kappa shape index (κ3) is 3.43. The zero-order chi connectivity index (χ0) is 22.2. The van der Waals surface area contributed by atoms with Crippen molar-refractivity contribution in [3.05, 3.63) is 68.8 Å². The number of amides is 1. The minimum atomic E-state index is -0.761. The molecule has 0 spiro atoms. The maximum Gasteiger partial charge on any atom is 0.439 e. The number of nitrogens with zero attached hydrogens (tertiary/aromatic N) is 5. The highest BCUT2D eigenvalue weighted by Crippen LogP contribution is 2.31. The second kappa shape index (κ2) is 7.76. The summed E-state index contributed by atoms with van der Waals surface area (Å²) in [6, 6.07) is 9.67. The zero-order valence-corrected chi connectivity index (χ0v) is 16.9. The average Bonchev–Trinajstić information content (AvgIpc) is 3.45. The van der Waals surface area contributed by atoms with E-state index in [1.54, 1.807) is 28.8 Å². The first kappa shape index (κ1) is 19.7. The highest BCUT2D eigenvalue weighted by Gasteiger charge is 2.23. The van der Waals surface area contributed by atoms with Crippen LogP contribution < -0.4 is 5.76 Å². The number of nitro benzene ring substituents is 1. The highest BCUT2D eigenvalue weighted by atomic mass is 16.6. The van der Waals surface area contributed by atoms with Crippen LogP contribution in [-0.2, 0) is 0 Å². The number of hydrogen-bond acceptors (Lipinski definition) is 7. The molecule has 0 atom stereocenters.